The molecule has 0 unspecified atom stereocenters. The molecule has 0 fully saturated rings. The number of halogens is 1. The summed E-state index contributed by atoms with van der Waals surface area (Å²) in [5.41, 5.74) is 1.77. The van der Waals surface area contributed by atoms with Gasteiger partial charge in [0.15, 0.2) is 0 Å². The molecule has 3 heterocycles. The molecule has 20 heavy (non-hydrogen) atoms. The highest BCUT2D eigenvalue weighted by atomic mass is 35.5. The lowest BCUT2D eigenvalue weighted by Gasteiger charge is -2.07. The molecule has 6 heteroatoms. The van der Waals surface area contributed by atoms with Gasteiger partial charge in [0.05, 0.1) is 11.7 Å². The highest BCUT2D eigenvalue weighted by molar-refractivity contribution is 6.30. The van der Waals surface area contributed by atoms with E-state index in [2.05, 4.69) is 15.0 Å². The maximum atomic E-state index is 12.3. The summed E-state index contributed by atoms with van der Waals surface area (Å²) in [7, 11) is 0. The summed E-state index contributed by atoms with van der Waals surface area (Å²) < 4.78 is 1.53. The Morgan fingerprint density at radius 1 is 1.40 bits per heavy atom. The third-order valence-corrected chi connectivity index (χ3v) is 3.25. The van der Waals surface area contributed by atoms with E-state index in [0.717, 1.165) is 5.56 Å². The molecule has 0 atom stereocenters. The second-order valence-corrected chi connectivity index (χ2v) is 4.65. The quantitative estimate of drug-likeness (QED) is 0.679. The summed E-state index contributed by atoms with van der Waals surface area (Å²) in [4.78, 5) is 25.0. The largest absolute Gasteiger partial charge is 0.299 e. The van der Waals surface area contributed by atoms with Crippen LogP contribution in [0.3, 0.4) is 0 Å². The van der Waals surface area contributed by atoms with Crippen molar-refractivity contribution >= 4 is 22.5 Å². The van der Waals surface area contributed by atoms with Crippen LogP contribution in [0.4, 0.5) is 0 Å². The fourth-order valence-electron chi connectivity index (χ4n) is 2.06. The van der Waals surface area contributed by atoms with Crippen LogP contribution in [0.15, 0.2) is 41.7 Å². The van der Waals surface area contributed by atoms with Crippen molar-refractivity contribution in [2.45, 2.75) is 13.5 Å². The van der Waals surface area contributed by atoms with Gasteiger partial charge in [0.2, 0.25) is 0 Å². The van der Waals surface area contributed by atoms with E-state index in [1.54, 1.807) is 24.5 Å². The molecule has 0 aliphatic carbocycles. The molecule has 0 spiro atoms. The Labute approximate surface area is 119 Å². The number of hydrogen-bond acceptors (Lipinski definition) is 4. The van der Waals surface area contributed by atoms with Gasteiger partial charge >= 0.3 is 0 Å². The van der Waals surface area contributed by atoms with Gasteiger partial charge in [0.25, 0.3) is 5.56 Å². The topological polar surface area (TPSA) is 60.7 Å². The molecule has 0 radical (unpaired) electrons. The highest BCUT2D eigenvalue weighted by Gasteiger charge is 2.12. The molecule has 5 nitrogen and oxygen atoms in total. The van der Waals surface area contributed by atoms with Crippen LogP contribution < -0.4 is 5.56 Å². The molecular weight excluding hydrogens is 276 g/mol. The molecule has 100 valence electrons. The number of aryl methyl sites for hydroxylation is 1. The Balaban J connectivity index is 2.40. The molecule has 0 saturated carbocycles. The van der Waals surface area contributed by atoms with Crippen LogP contribution in [0.25, 0.3) is 22.2 Å². The molecule has 0 aliphatic rings. The van der Waals surface area contributed by atoms with Crippen LogP contribution in [-0.2, 0) is 6.54 Å². The lowest BCUT2D eigenvalue weighted by atomic mass is 10.1. The number of fused-ring (bicyclic) bond motifs is 1. The van der Waals surface area contributed by atoms with Crippen LogP contribution in [0, 0.1) is 0 Å². The maximum absolute atomic E-state index is 12.3. The van der Waals surface area contributed by atoms with E-state index in [-0.39, 0.29) is 10.7 Å². The molecule has 0 saturated heterocycles. The fraction of sp³-hybridized carbons (Fsp3) is 0.143. The number of pyridine rings is 2. The number of hydrogen-bond donors (Lipinski definition) is 0. The predicted molar refractivity (Wildman–Crippen MR) is 77.7 cm³/mol. The molecule has 0 aromatic carbocycles. The number of rotatable bonds is 2. The molecule has 3 rings (SSSR count). The molecule has 3 aromatic rings. The van der Waals surface area contributed by atoms with Gasteiger partial charge in [-0.25, -0.2) is 9.97 Å². The van der Waals surface area contributed by atoms with Crippen molar-refractivity contribution in [1.29, 1.82) is 0 Å². The first-order valence-electron chi connectivity index (χ1n) is 6.17. The maximum Gasteiger partial charge on any atom is 0.261 e. The second-order valence-electron chi connectivity index (χ2n) is 4.27. The standard InChI is InChI=1S/C14H11ClN4O/c1-2-19-8-17-13-10(14(19)20)6-11(15)18-12(13)9-4-3-5-16-7-9/h3-8H,2H2,1H3. The van der Waals surface area contributed by atoms with Crippen LogP contribution in [-0.4, -0.2) is 19.5 Å². The summed E-state index contributed by atoms with van der Waals surface area (Å²) in [6.07, 6.45) is 4.87. The Bertz CT molecular complexity index is 830. The van der Waals surface area contributed by atoms with Crippen LogP contribution in [0.5, 0.6) is 0 Å². The minimum absolute atomic E-state index is 0.119. The monoisotopic (exact) mass is 286 g/mol. The van der Waals surface area contributed by atoms with Gasteiger partial charge in [-0.15, -0.1) is 0 Å². The van der Waals surface area contributed by atoms with E-state index in [9.17, 15) is 4.79 Å². The second kappa shape index (κ2) is 5.02. The van der Waals surface area contributed by atoms with Gasteiger partial charge in [0.1, 0.15) is 16.4 Å². The van der Waals surface area contributed by atoms with E-state index >= 15 is 0 Å². The molecule has 3 aromatic heterocycles. The molecule has 0 aliphatic heterocycles. The summed E-state index contributed by atoms with van der Waals surface area (Å²) >= 11 is 6.03. The van der Waals surface area contributed by atoms with Gasteiger partial charge in [-0.3, -0.25) is 14.3 Å². The first-order valence-corrected chi connectivity index (χ1v) is 6.54. The zero-order chi connectivity index (χ0) is 14.1. The van der Waals surface area contributed by atoms with Crippen molar-refractivity contribution in [3.63, 3.8) is 0 Å². The van der Waals surface area contributed by atoms with E-state index in [0.29, 0.717) is 23.1 Å². The van der Waals surface area contributed by atoms with Crippen molar-refractivity contribution in [3.8, 4) is 11.3 Å². The SMILES string of the molecule is CCn1cnc2c(-c3cccnc3)nc(Cl)cc2c1=O. The molecule has 0 amide bonds. The van der Waals surface area contributed by atoms with Crippen molar-refractivity contribution in [3.05, 3.63) is 52.4 Å². The Morgan fingerprint density at radius 2 is 2.25 bits per heavy atom. The smallest absolute Gasteiger partial charge is 0.261 e. The average Bonchev–Trinajstić information content (AvgIpc) is 2.48. The van der Waals surface area contributed by atoms with Gasteiger partial charge < -0.3 is 0 Å². The van der Waals surface area contributed by atoms with Crippen molar-refractivity contribution < 1.29 is 0 Å². The highest BCUT2D eigenvalue weighted by Crippen LogP contribution is 2.25. The van der Waals surface area contributed by atoms with Gasteiger partial charge in [-0.05, 0) is 25.1 Å². The van der Waals surface area contributed by atoms with Gasteiger partial charge in [-0.1, -0.05) is 11.6 Å². The van der Waals surface area contributed by atoms with E-state index in [4.69, 9.17) is 11.6 Å². The molecule has 0 bridgehead atoms. The van der Waals surface area contributed by atoms with E-state index < -0.39 is 0 Å². The zero-order valence-corrected chi connectivity index (χ0v) is 11.5. The van der Waals surface area contributed by atoms with Crippen LogP contribution >= 0.6 is 11.6 Å². The summed E-state index contributed by atoms with van der Waals surface area (Å²) in [5.74, 6) is 0. The third-order valence-electron chi connectivity index (χ3n) is 3.05. The summed E-state index contributed by atoms with van der Waals surface area (Å²) in [6, 6.07) is 5.22. The van der Waals surface area contributed by atoms with Gasteiger partial charge in [0, 0.05) is 24.5 Å². The number of nitrogens with zero attached hydrogens (tertiary/aromatic N) is 4. The van der Waals surface area contributed by atoms with E-state index in [1.807, 2.05) is 13.0 Å². The first-order chi connectivity index (χ1) is 9.70. The lowest BCUT2D eigenvalue weighted by molar-refractivity contribution is 0.717. The third kappa shape index (κ3) is 2.06. The molecular formula is C14H11ClN4O. The Morgan fingerprint density at radius 3 is 2.95 bits per heavy atom. The van der Waals surface area contributed by atoms with Crippen LogP contribution in [0.1, 0.15) is 6.92 Å². The van der Waals surface area contributed by atoms with Crippen molar-refractivity contribution in [1.82, 2.24) is 19.5 Å². The zero-order valence-electron chi connectivity index (χ0n) is 10.7. The van der Waals surface area contributed by atoms with Crippen molar-refractivity contribution in [2.75, 3.05) is 0 Å². The Hall–Kier alpha value is -2.27. The number of aromatic nitrogens is 4. The summed E-state index contributed by atoms with van der Waals surface area (Å²) in [6.45, 7) is 2.45. The van der Waals surface area contributed by atoms with Gasteiger partial charge in [-0.2, -0.15) is 0 Å². The normalized spacial score (nSPS) is 10.9. The van der Waals surface area contributed by atoms with Crippen molar-refractivity contribution in [2.24, 2.45) is 0 Å². The average molecular weight is 287 g/mol. The molecule has 0 N–H and O–H groups in total. The lowest BCUT2D eigenvalue weighted by Crippen LogP contribution is -2.20. The summed E-state index contributed by atoms with van der Waals surface area (Å²) in [5, 5.41) is 0.734. The minimum Gasteiger partial charge on any atom is -0.299 e. The fourth-order valence-corrected chi connectivity index (χ4v) is 2.26. The van der Waals surface area contributed by atoms with E-state index in [1.165, 1.54) is 10.9 Å². The predicted octanol–water partition coefficient (Wildman–Crippen LogP) is 2.53. The first kappa shape index (κ1) is 12.7. The Kier molecular flexibility index (Phi) is 3.20. The van der Waals surface area contributed by atoms with Crippen LogP contribution in [0.2, 0.25) is 5.15 Å². The minimum atomic E-state index is -0.119.